The van der Waals surface area contributed by atoms with Crippen molar-refractivity contribution in [2.75, 3.05) is 11.1 Å². The number of amidine groups is 1. The van der Waals surface area contributed by atoms with Crippen molar-refractivity contribution in [1.82, 2.24) is 0 Å². The lowest BCUT2D eigenvalue weighted by molar-refractivity contribution is -0.111. The predicted molar refractivity (Wildman–Crippen MR) is 107 cm³/mol. The number of aliphatic imine (C=N–C) groups is 1. The molecule has 0 fully saturated rings. The quantitative estimate of drug-likeness (QED) is 0.818. The number of nitrogens with zero attached hydrogens (tertiary/aromatic N) is 1. The molecule has 1 unspecified atom stereocenters. The van der Waals surface area contributed by atoms with Crippen LogP contribution in [0.4, 0.5) is 5.69 Å². The van der Waals surface area contributed by atoms with Gasteiger partial charge in [-0.25, -0.2) is 0 Å². The number of carbonyl (C=O) groups is 1. The molecule has 128 valence electrons. The van der Waals surface area contributed by atoms with Gasteiger partial charge in [0.05, 0.1) is 5.54 Å². The van der Waals surface area contributed by atoms with Crippen LogP contribution in [0.3, 0.4) is 0 Å². The molecule has 0 saturated heterocycles. The average molecular weight is 351 g/mol. The van der Waals surface area contributed by atoms with Crippen molar-refractivity contribution in [3.05, 3.63) is 71.8 Å². The third-order valence-corrected chi connectivity index (χ3v) is 4.97. The van der Waals surface area contributed by atoms with Crippen LogP contribution in [0.5, 0.6) is 0 Å². The van der Waals surface area contributed by atoms with E-state index in [0.29, 0.717) is 5.17 Å². The van der Waals surface area contributed by atoms with Crippen molar-refractivity contribution in [2.24, 2.45) is 10.7 Å². The molecule has 1 atom stereocenters. The van der Waals surface area contributed by atoms with Crippen LogP contribution in [0, 0.1) is 0 Å². The summed E-state index contributed by atoms with van der Waals surface area (Å²) in [6, 6.07) is 17.5. The number of nitrogens with two attached hydrogens (primary N) is 1. The number of anilines is 1. The van der Waals surface area contributed by atoms with Crippen molar-refractivity contribution in [2.45, 2.75) is 18.9 Å². The molecular formula is C20H21N3OS. The van der Waals surface area contributed by atoms with Crippen molar-refractivity contribution in [1.29, 1.82) is 0 Å². The number of carbonyl (C=O) groups excluding carboxylic acids is 1. The number of nitrogens with one attached hydrogen (secondary N) is 1. The van der Waals surface area contributed by atoms with Gasteiger partial charge in [0.15, 0.2) is 5.17 Å². The summed E-state index contributed by atoms with van der Waals surface area (Å²) in [4.78, 5) is 16.7. The summed E-state index contributed by atoms with van der Waals surface area (Å²) in [7, 11) is 0. The first-order chi connectivity index (χ1) is 12.0. The van der Waals surface area contributed by atoms with E-state index in [4.69, 9.17) is 5.73 Å². The van der Waals surface area contributed by atoms with Gasteiger partial charge in [0, 0.05) is 17.5 Å². The molecule has 1 amide bonds. The number of rotatable bonds is 4. The van der Waals surface area contributed by atoms with Crippen LogP contribution in [-0.2, 0) is 10.3 Å². The Hall–Kier alpha value is -2.53. The number of para-hydroxylation sites is 1. The first kappa shape index (κ1) is 17.3. The number of amides is 1. The second-order valence-electron chi connectivity index (χ2n) is 6.14. The van der Waals surface area contributed by atoms with E-state index in [1.54, 1.807) is 17.8 Å². The lowest BCUT2D eigenvalue weighted by Crippen LogP contribution is -2.28. The standard InChI is InChI=1S/C20H21N3OS/c1-20(12-13-25-19(21)23-20)16-7-5-6-15(14-16)10-11-18(24)22-17-8-3-2-4-9-17/h2-11,14H,12-13H2,1H3,(H2,21,23)(H,22,24)/b11-10+. The van der Waals surface area contributed by atoms with Gasteiger partial charge in [0.1, 0.15) is 0 Å². The smallest absolute Gasteiger partial charge is 0.248 e. The molecule has 5 heteroatoms. The molecule has 0 saturated carbocycles. The zero-order valence-corrected chi connectivity index (χ0v) is 14.9. The minimum Gasteiger partial charge on any atom is -0.379 e. The van der Waals surface area contributed by atoms with E-state index in [2.05, 4.69) is 29.4 Å². The Bertz CT molecular complexity index is 817. The van der Waals surface area contributed by atoms with Crippen LogP contribution in [-0.4, -0.2) is 16.8 Å². The molecule has 3 rings (SSSR count). The Morgan fingerprint density at radius 3 is 2.80 bits per heavy atom. The SMILES string of the molecule is CC1(c2cccc(/C=C/C(=O)Nc3ccccc3)c2)CCSC(N)=N1. The van der Waals surface area contributed by atoms with E-state index in [9.17, 15) is 4.79 Å². The Morgan fingerprint density at radius 2 is 2.04 bits per heavy atom. The van der Waals surface area contributed by atoms with E-state index in [-0.39, 0.29) is 11.4 Å². The summed E-state index contributed by atoms with van der Waals surface area (Å²) < 4.78 is 0. The van der Waals surface area contributed by atoms with Crippen LogP contribution in [0.2, 0.25) is 0 Å². The van der Waals surface area contributed by atoms with E-state index >= 15 is 0 Å². The number of thioether (sulfide) groups is 1. The monoisotopic (exact) mass is 351 g/mol. The van der Waals surface area contributed by atoms with Crippen LogP contribution < -0.4 is 11.1 Å². The Balaban J connectivity index is 1.73. The van der Waals surface area contributed by atoms with Crippen LogP contribution in [0.25, 0.3) is 6.08 Å². The Morgan fingerprint density at radius 1 is 1.24 bits per heavy atom. The minimum absolute atomic E-state index is 0.154. The Labute approximate surface area is 152 Å². The number of hydrogen-bond donors (Lipinski definition) is 2. The van der Waals surface area contributed by atoms with E-state index < -0.39 is 0 Å². The normalized spacial score (nSPS) is 20.3. The van der Waals surface area contributed by atoms with Gasteiger partial charge in [-0.05, 0) is 48.7 Å². The summed E-state index contributed by atoms with van der Waals surface area (Å²) >= 11 is 1.60. The third-order valence-electron chi connectivity index (χ3n) is 4.17. The van der Waals surface area contributed by atoms with Gasteiger partial charge < -0.3 is 11.1 Å². The topological polar surface area (TPSA) is 67.5 Å². The summed E-state index contributed by atoms with van der Waals surface area (Å²) in [5.41, 5.74) is 8.46. The molecule has 2 aromatic carbocycles. The molecule has 1 aliphatic rings. The maximum absolute atomic E-state index is 12.0. The van der Waals surface area contributed by atoms with Gasteiger partial charge in [-0.3, -0.25) is 9.79 Å². The van der Waals surface area contributed by atoms with Crippen LogP contribution in [0.15, 0.2) is 65.7 Å². The fourth-order valence-electron chi connectivity index (χ4n) is 2.75. The second-order valence-corrected chi connectivity index (χ2v) is 7.25. The van der Waals surface area contributed by atoms with Crippen LogP contribution in [0.1, 0.15) is 24.5 Å². The van der Waals surface area contributed by atoms with E-state index in [1.807, 2.05) is 48.5 Å². The summed E-state index contributed by atoms with van der Waals surface area (Å²) in [5.74, 6) is 0.810. The zero-order valence-electron chi connectivity index (χ0n) is 14.1. The second kappa shape index (κ2) is 7.57. The third kappa shape index (κ3) is 4.51. The van der Waals surface area contributed by atoms with Crippen molar-refractivity contribution < 1.29 is 4.79 Å². The molecule has 2 aromatic rings. The van der Waals surface area contributed by atoms with E-state index in [0.717, 1.165) is 29.0 Å². The molecule has 0 bridgehead atoms. The average Bonchev–Trinajstić information content (AvgIpc) is 2.61. The van der Waals surface area contributed by atoms with Crippen LogP contribution >= 0.6 is 11.8 Å². The Kier molecular flexibility index (Phi) is 5.24. The first-order valence-electron chi connectivity index (χ1n) is 8.18. The fraction of sp³-hybridized carbons (Fsp3) is 0.200. The highest BCUT2D eigenvalue weighted by molar-refractivity contribution is 8.13. The summed E-state index contributed by atoms with van der Waals surface area (Å²) in [5, 5.41) is 3.47. The zero-order chi connectivity index (χ0) is 17.7. The van der Waals surface area contributed by atoms with Gasteiger partial charge in [-0.15, -0.1) is 0 Å². The molecule has 0 aliphatic carbocycles. The highest BCUT2D eigenvalue weighted by Gasteiger charge is 2.29. The molecule has 0 aromatic heterocycles. The van der Waals surface area contributed by atoms with Gasteiger partial charge in [-0.2, -0.15) is 0 Å². The summed E-state index contributed by atoms with van der Waals surface area (Å²) in [6.07, 6.45) is 4.30. The largest absolute Gasteiger partial charge is 0.379 e. The molecular weight excluding hydrogens is 330 g/mol. The lowest BCUT2D eigenvalue weighted by Gasteiger charge is -2.29. The minimum atomic E-state index is -0.300. The van der Waals surface area contributed by atoms with Crippen molar-refractivity contribution >= 4 is 34.6 Å². The van der Waals surface area contributed by atoms with Gasteiger partial charge >= 0.3 is 0 Å². The van der Waals surface area contributed by atoms with Gasteiger partial charge in [-0.1, -0.05) is 48.2 Å². The molecule has 0 spiro atoms. The maximum Gasteiger partial charge on any atom is 0.248 e. The predicted octanol–water partition coefficient (Wildman–Crippen LogP) is 4.01. The van der Waals surface area contributed by atoms with Gasteiger partial charge in [0.2, 0.25) is 5.91 Å². The number of hydrogen-bond acceptors (Lipinski definition) is 4. The highest BCUT2D eigenvalue weighted by Crippen LogP contribution is 2.35. The van der Waals surface area contributed by atoms with Crippen molar-refractivity contribution in [3.63, 3.8) is 0 Å². The van der Waals surface area contributed by atoms with Crippen molar-refractivity contribution in [3.8, 4) is 0 Å². The summed E-state index contributed by atoms with van der Waals surface area (Å²) in [6.45, 7) is 2.10. The molecule has 3 N–H and O–H groups in total. The number of benzene rings is 2. The molecule has 4 nitrogen and oxygen atoms in total. The molecule has 1 aliphatic heterocycles. The fourth-order valence-corrected chi connectivity index (χ4v) is 3.72. The molecule has 0 radical (unpaired) electrons. The highest BCUT2D eigenvalue weighted by atomic mass is 32.2. The molecule has 25 heavy (non-hydrogen) atoms. The van der Waals surface area contributed by atoms with E-state index in [1.165, 1.54) is 0 Å². The van der Waals surface area contributed by atoms with Gasteiger partial charge in [0.25, 0.3) is 0 Å². The maximum atomic E-state index is 12.0. The lowest BCUT2D eigenvalue weighted by atomic mass is 9.89. The molecule has 1 heterocycles. The first-order valence-corrected chi connectivity index (χ1v) is 9.16.